The Bertz CT molecular complexity index is 824. The summed E-state index contributed by atoms with van der Waals surface area (Å²) in [6, 6.07) is 3.44. The lowest BCUT2D eigenvalue weighted by Crippen LogP contribution is -2.37. The number of rotatable bonds is 4. The molecule has 0 radical (unpaired) electrons. The minimum Gasteiger partial charge on any atom is -0.464 e. The fourth-order valence-electron chi connectivity index (χ4n) is 2.61. The van der Waals surface area contributed by atoms with Crippen molar-refractivity contribution in [2.45, 2.75) is 20.3 Å². The first-order valence-electron chi connectivity index (χ1n) is 7.67. The van der Waals surface area contributed by atoms with Gasteiger partial charge in [0.2, 0.25) is 0 Å². The van der Waals surface area contributed by atoms with Gasteiger partial charge in [-0.1, -0.05) is 0 Å². The highest BCUT2D eigenvalue weighted by Crippen LogP contribution is 2.25. The minimum atomic E-state index is -0.538. The van der Waals surface area contributed by atoms with Crippen molar-refractivity contribution in [3.63, 3.8) is 0 Å². The molecule has 1 saturated heterocycles. The van der Waals surface area contributed by atoms with Crippen LogP contribution in [0.2, 0.25) is 0 Å². The van der Waals surface area contributed by atoms with Gasteiger partial charge in [0, 0.05) is 24.0 Å². The van der Waals surface area contributed by atoms with Crippen molar-refractivity contribution in [1.82, 2.24) is 10.2 Å². The van der Waals surface area contributed by atoms with E-state index in [-0.39, 0.29) is 6.42 Å². The van der Waals surface area contributed by atoms with Gasteiger partial charge in [0.05, 0.1) is 12.7 Å². The molecular formula is C17H18N2O5. The van der Waals surface area contributed by atoms with E-state index in [0.717, 1.165) is 21.4 Å². The number of esters is 1. The molecule has 3 amide bonds. The number of nitrogens with one attached hydrogen (secondary N) is 1. The molecule has 2 aromatic rings. The molecule has 7 heteroatoms. The summed E-state index contributed by atoms with van der Waals surface area (Å²) in [5.41, 5.74) is 3.64. The number of nitrogens with zero attached hydrogens (tertiary/aromatic N) is 1. The molecule has 0 bridgehead atoms. The van der Waals surface area contributed by atoms with Crippen LogP contribution in [0.1, 0.15) is 16.7 Å². The van der Waals surface area contributed by atoms with Gasteiger partial charge in [-0.2, -0.15) is 0 Å². The van der Waals surface area contributed by atoms with Gasteiger partial charge in [0.15, 0.2) is 6.61 Å². The molecule has 1 aliphatic rings. The molecule has 126 valence electrons. The number of amides is 3. The van der Waals surface area contributed by atoms with Gasteiger partial charge >= 0.3 is 12.0 Å². The summed E-state index contributed by atoms with van der Waals surface area (Å²) in [5.74, 6) is -1.06. The molecule has 1 N–H and O–H groups in total. The monoisotopic (exact) mass is 330 g/mol. The second-order valence-corrected chi connectivity index (χ2v) is 5.81. The predicted molar refractivity (Wildman–Crippen MR) is 85.5 cm³/mol. The van der Waals surface area contributed by atoms with Gasteiger partial charge in [-0.05, 0) is 37.1 Å². The van der Waals surface area contributed by atoms with Crippen molar-refractivity contribution >= 4 is 28.9 Å². The van der Waals surface area contributed by atoms with Crippen LogP contribution in [-0.2, 0) is 20.7 Å². The first kappa shape index (κ1) is 16.0. The zero-order valence-electron chi connectivity index (χ0n) is 13.5. The molecule has 1 aliphatic heterocycles. The van der Waals surface area contributed by atoms with Crippen LogP contribution in [0.25, 0.3) is 11.0 Å². The largest absolute Gasteiger partial charge is 0.464 e. The lowest BCUT2D eigenvalue weighted by molar-refractivity contribution is -0.150. The Morgan fingerprint density at radius 2 is 2.04 bits per heavy atom. The van der Waals surface area contributed by atoms with Crippen LogP contribution in [0.3, 0.4) is 0 Å². The second-order valence-electron chi connectivity index (χ2n) is 5.81. The second kappa shape index (κ2) is 6.35. The van der Waals surface area contributed by atoms with Crippen LogP contribution in [-0.4, -0.2) is 42.5 Å². The number of ether oxygens (including phenoxy) is 1. The van der Waals surface area contributed by atoms with E-state index in [4.69, 9.17) is 9.15 Å². The summed E-state index contributed by atoms with van der Waals surface area (Å²) >= 11 is 0. The van der Waals surface area contributed by atoms with Crippen LogP contribution in [0.5, 0.6) is 0 Å². The summed E-state index contributed by atoms with van der Waals surface area (Å²) in [4.78, 5) is 36.2. The van der Waals surface area contributed by atoms with E-state index in [1.54, 1.807) is 0 Å². The Balaban J connectivity index is 1.62. The molecule has 24 heavy (non-hydrogen) atoms. The fraction of sp³-hybridized carbons (Fsp3) is 0.353. The fourth-order valence-corrected chi connectivity index (χ4v) is 2.61. The highest BCUT2D eigenvalue weighted by Gasteiger charge is 2.26. The van der Waals surface area contributed by atoms with Crippen LogP contribution in [0.4, 0.5) is 4.79 Å². The number of carbonyl (C=O) groups excluding carboxylic acids is 3. The lowest BCUT2D eigenvalue weighted by Gasteiger charge is -2.11. The molecule has 1 aromatic heterocycles. The van der Waals surface area contributed by atoms with E-state index in [9.17, 15) is 14.4 Å². The SMILES string of the molecule is Cc1cc2occ(CC(=O)OCC(=O)N3CCNC3=O)c2cc1C. The predicted octanol–water partition coefficient (Wildman–Crippen LogP) is 1.69. The van der Waals surface area contributed by atoms with Crippen LogP contribution in [0, 0.1) is 13.8 Å². The van der Waals surface area contributed by atoms with Gasteiger partial charge < -0.3 is 14.5 Å². The Morgan fingerprint density at radius 1 is 1.29 bits per heavy atom. The summed E-state index contributed by atoms with van der Waals surface area (Å²) in [6.45, 7) is 4.24. The summed E-state index contributed by atoms with van der Waals surface area (Å²) in [5, 5.41) is 3.38. The third kappa shape index (κ3) is 3.10. The van der Waals surface area contributed by atoms with Gasteiger partial charge in [-0.3, -0.25) is 14.5 Å². The Morgan fingerprint density at radius 3 is 2.75 bits per heavy atom. The number of imide groups is 1. The number of carbonyl (C=O) groups is 3. The maximum Gasteiger partial charge on any atom is 0.324 e. The molecule has 0 spiro atoms. The molecule has 0 unspecified atom stereocenters. The van der Waals surface area contributed by atoms with Gasteiger partial charge in [-0.25, -0.2) is 4.79 Å². The molecule has 1 aromatic carbocycles. The van der Waals surface area contributed by atoms with Gasteiger partial charge in [-0.15, -0.1) is 0 Å². The molecule has 0 atom stereocenters. The number of benzene rings is 1. The van der Waals surface area contributed by atoms with Crippen molar-refractivity contribution in [1.29, 1.82) is 0 Å². The van der Waals surface area contributed by atoms with Crippen molar-refractivity contribution in [3.8, 4) is 0 Å². The first-order valence-corrected chi connectivity index (χ1v) is 7.67. The maximum absolute atomic E-state index is 12.0. The smallest absolute Gasteiger partial charge is 0.324 e. The molecule has 0 saturated carbocycles. The van der Waals surface area contributed by atoms with E-state index in [1.807, 2.05) is 26.0 Å². The van der Waals surface area contributed by atoms with Crippen LogP contribution in [0.15, 0.2) is 22.8 Å². The van der Waals surface area contributed by atoms with E-state index in [1.165, 1.54) is 6.26 Å². The number of aryl methyl sites for hydroxylation is 2. The van der Waals surface area contributed by atoms with Crippen LogP contribution >= 0.6 is 0 Å². The van der Waals surface area contributed by atoms with Crippen LogP contribution < -0.4 is 5.32 Å². The molecule has 7 nitrogen and oxygen atoms in total. The normalized spacial score (nSPS) is 14.1. The van der Waals surface area contributed by atoms with E-state index in [2.05, 4.69) is 5.32 Å². The Hall–Kier alpha value is -2.83. The quantitative estimate of drug-likeness (QED) is 0.862. The lowest BCUT2D eigenvalue weighted by atomic mass is 10.0. The standard InChI is InChI=1S/C17H18N2O5/c1-10-5-13-12(8-23-14(13)6-11(10)2)7-16(21)24-9-15(20)19-4-3-18-17(19)22/h5-6,8H,3-4,7,9H2,1-2H3,(H,18,22). The first-order chi connectivity index (χ1) is 11.5. The summed E-state index contributed by atoms with van der Waals surface area (Å²) in [7, 11) is 0. The number of hydrogen-bond acceptors (Lipinski definition) is 5. The van der Waals surface area contributed by atoms with E-state index >= 15 is 0 Å². The van der Waals surface area contributed by atoms with E-state index < -0.39 is 24.5 Å². The highest BCUT2D eigenvalue weighted by atomic mass is 16.5. The van der Waals surface area contributed by atoms with Crippen molar-refractivity contribution in [2.24, 2.45) is 0 Å². The molecule has 3 rings (SSSR count). The molecule has 0 aliphatic carbocycles. The number of furan rings is 1. The minimum absolute atomic E-state index is 0.00891. The van der Waals surface area contributed by atoms with Crippen molar-refractivity contribution in [2.75, 3.05) is 19.7 Å². The third-order valence-corrected chi connectivity index (χ3v) is 4.12. The number of hydrogen-bond donors (Lipinski definition) is 1. The average molecular weight is 330 g/mol. The zero-order valence-corrected chi connectivity index (χ0v) is 13.5. The maximum atomic E-state index is 12.0. The van der Waals surface area contributed by atoms with Crippen molar-refractivity contribution < 1.29 is 23.5 Å². The van der Waals surface area contributed by atoms with Gasteiger partial charge in [0.25, 0.3) is 5.91 Å². The molecular weight excluding hydrogens is 312 g/mol. The Labute approximate surface area is 138 Å². The molecule has 1 fully saturated rings. The zero-order chi connectivity index (χ0) is 17.3. The number of urea groups is 1. The topological polar surface area (TPSA) is 88.8 Å². The summed E-state index contributed by atoms with van der Waals surface area (Å²) in [6.07, 6.45) is 1.54. The van der Waals surface area contributed by atoms with E-state index in [0.29, 0.717) is 24.2 Å². The average Bonchev–Trinajstić information content (AvgIpc) is 3.13. The summed E-state index contributed by atoms with van der Waals surface area (Å²) < 4.78 is 10.5. The molecule has 2 heterocycles. The number of fused-ring (bicyclic) bond motifs is 1. The third-order valence-electron chi connectivity index (χ3n) is 4.12. The Kier molecular flexibility index (Phi) is 4.24. The van der Waals surface area contributed by atoms with Gasteiger partial charge in [0.1, 0.15) is 5.58 Å². The highest BCUT2D eigenvalue weighted by molar-refractivity contribution is 5.97. The van der Waals surface area contributed by atoms with Crippen molar-refractivity contribution in [3.05, 3.63) is 35.1 Å².